The van der Waals surface area contributed by atoms with Gasteiger partial charge >= 0.3 is 0 Å². The van der Waals surface area contributed by atoms with E-state index in [0.29, 0.717) is 12.8 Å². The molecule has 0 radical (unpaired) electrons. The smallest absolute Gasteiger partial charge is 0.171 e. The average Bonchev–Trinajstić information content (AvgIpc) is 2.40. The molecule has 0 aliphatic heterocycles. The maximum Gasteiger partial charge on any atom is 0.171 e. The van der Waals surface area contributed by atoms with Gasteiger partial charge in [0.05, 0.1) is 11.5 Å². The summed E-state index contributed by atoms with van der Waals surface area (Å²) in [6.45, 7) is 2.12. The molecule has 3 heteroatoms. The van der Waals surface area contributed by atoms with Crippen LogP contribution in [0.1, 0.15) is 30.9 Å². The predicted molar refractivity (Wildman–Crippen MR) is 69.1 cm³/mol. The molecule has 0 bridgehead atoms. The van der Waals surface area contributed by atoms with Crippen LogP contribution in [-0.2, 0) is 21.3 Å². The standard InChI is InChI=1S/C15H19NO2/c1-4-12-6-5-7-13(8-12)14(11-16)9-15(10-14,17-2)18-3/h5-8H,4,9-10H2,1-3H3. The van der Waals surface area contributed by atoms with Crippen molar-refractivity contribution < 1.29 is 9.47 Å². The minimum Gasteiger partial charge on any atom is -0.353 e. The molecule has 1 aliphatic carbocycles. The van der Waals surface area contributed by atoms with Crippen molar-refractivity contribution in [3.8, 4) is 6.07 Å². The Morgan fingerprint density at radius 3 is 2.44 bits per heavy atom. The normalized spacial score (nSPS) is 19.9. The minimum absolute atomic E-state index is 0.461. The fourth-order valence-electron chi connectivity index (χ4n) is 2.68. The summed E-state index contributed by atoms with van der Waals surface area (Å²) in [5.74, 6) is -0.585. The zero-order chi connectivity index (χ0) is 13.2. The van der Waals surface area contributed by atoms with Gasteiger partial charge in [-0.25, -0.2) is 0 Å². The Labute approximate surface area is 108 Å². The van der Waals surface area contributed by atoms with Crippen LogP contribution < -0.4 is 0 Å². The van der Waals surface area contributed by atoms with E-state index >= 15 is 0 Å². The number of nitrogens with zero attached hydrogens (tertiary/aromatic N) is 1. The van der Waals surface area contributed by atoms with Gasteiger partial charge in [-0.05, 0) is 17.5 Å². The van der Waals surface area contributed by atoms with E-state index in [9.17, 15) is 5.26 Å². The molecule has 0 aromatic heterocycles. The fourth-order valence-corrected chi connectivity index (χ4v) is 2.68. The lowest BCUT2D eigenvalue weighted by molar-refractivity contribution is -0.269. The third-order valence-electron chi connectivity index (χ3n) is 3.99. The Hall–Kier alpha value is -1.37. The number of benzene rings is 1. The van der Waals surface area contributed by atoms with Crippen molar-refractivity contribution in [2.75, 3.05) is 14.2 Å². The van der Waals surface area contributed by atoms with Gasteiger partial charge in [-0.1, -0.05) is 31.2 Å². The molecule has 3 nitrogen and oxygen atoms in total. The van der Waals surface area contributed by atoms with Gasteiger partial charge in [0.15, 0.2) is 5.79 Å². The van der Waals surface area contributed by atoms with Gasteiger partial charge in [0, 0.05) is 27.1 Å². The first-order chi connectivity index (χ1) is 8.63. The zero-order valence-corrected chi connectivity index (χ0v) is 11.2. The number of ether oxygens (including phenoxy) is 2. The third-order valence-corrected chi connectivity index (χ3v) is 3.99. The Kier molecular flexibility index (Phi) is 3.43. The lowest BCUT2D eigenvalue weighted by Crippen LogP contribution is -2.56. The maximum atomic E-state index is 9.52. The molecule has 0 amide bonds. The molecule has 2 rings (SSSR count). The van der Waals surface area contributed by atoms with Crippen LogP contribution in [0.25, 0.3) is 0 Å². The van der Waals surface area contributed by atoms with Gasteiger partial charge < -0.3 is 9.47 Å². The number of hydrogen-bond acceptors (Lipinski definition) is 3. The van der Waals surface area contributed by atoms with Crippen LogP contribution in [-0.4, -0.2) is 20.0 Å². The molecule has 1 fully saturated rings. The summed E-state index contributed by atoms with van der Waals surface area (Å²) in [5.41, 5.74) is 1.88. The SMILES string of the molecule is CCc1cccc(C2(C#N)CC(OC)(OC)C2)c1. The number of hydrogen-bond donors (Lipinski definition) is 0. The second-order valence-electron chi connectivity index (χ2n) is 4.92. The van der Waals surface area contributed by atoms with Crippen LogP contribution in [0.5, 0.6) is 0 Å². The molecule has 0 atom stereocenters. The summed E-state index contributed by atoms with van der Waals surface area (Å²) in [6, 6.07) is 10.7. The maximum absolute atomic E-state index is 9.52. The molecule has 1 aromatic rings. The van der Waals surface area contributed by atoms with E-state index in [1.807, 2.05) is 12.1 Å². The first-order valence-electron chi connectivity index (χ1n) is 6.24. The summed E-state index contributed by atoms with van der Waals surface area (Å²) in [6.07, 6.45) is 2.17. The summed E-state index contributed by atoms with van der Waals surface area (Å²) in [5, 5.41) is 9.52. The fraction of sp³-hybridized carbons (Fsp3) is 0.533. The van der Waals surface area contributed by atoms with Crippen LogP contribution in [0.4, 0.5) is 0 Å². The van der Waals surface area contributed by atoms with Gasteiger partial charge in [0.2, 0.25) is 0 Å². The van der Waals surface area contributed by atoms with Crippen molar-refractivity contribution in [3.63, 3.8) is 0 Å². The molecule has 1 saturated carbocycles. The lowest BCUT2D eigenvalue weighted by Gasteiger charge is -2.50. The Balaban J connectivity index is 2.29. The van der Waals surface area contributed by atoms with E-state index in [4.69, 9.17) is 9.47 Å². The summed E-state index contributed by atoms with van der Waals surface area (Å²) < 4.78 is 10.8. The molecule has 0 spiro atoms. The van der Waals surface area contributed by atoms with E-state index < -0.39 is 11.2 Å². The molecule has 0 heterocycles. The molecule has 0 unspecified atom stereocenters. The topological polar surface area (TPSA) is 42.2 Å². The lowest BCUT2D eigenvalue weighted by atomic mass is 9.61. The summed E-state index contributed by atoms with van der Waals surface area (Å²) in [4.78, 5) is 0. The van der Waals surface area contributed by atoms with Crippen LogP contribution in [0.3, 0.4) is 0 Å². The van der Waals surface area contributed by atoms with Crippen LogP contribution in [0.15, 0.2) is 24.3 Å². The van der Waals surface area contributed by atoms with Crippen LogP contribution >= 0.6 is 0 Å². The molecule has 0 saturated heterocycles. The number of aryl methyl sites for hydroxylation is 1. The first kappa shape index (κ1) is 13.1. The van der Waals surface area contributed by atoms with E-state index in [-0.39, 0.29) is 0 Å². The number of nitriles is 1. The first-order valence-corrected chi connectivity index (χ1v) is 6.24. The molecule has 1 aliphatic rings. The van der Waals surface area contributed by atoms with E-state index in [1.165, 1.54) is 5.56 Å². The molecule has 1 aromatic carbocycles. The van der Waals surface area contributed by atoms with Crippen molar-refractivity contribution in [3.05, 3.63) is 35.4 Å². The molecular weight excluding hydrogens is 226 g/mol. The largest absolute Gasteiger partial charge is 0.353 e. The van der Waals surface area contributed by atoms with Gasteiger partial charge in [-0.15, -0.1) is 0 Å². The van der Waals surface area contributed by atoms with Crippen LogP contribution in [0, 0.1) is 11.3 Å². The van der Waals surface area contributed by atoms with E-state index in [0.717, 1.165) is 12.0 Å². The second kappa shape index (κ2) is 4.72. The van der Waals surface area contributed by atoms with Crippen molar-refractivity contribution >= 4 is 0 Å². The molecule has 96 valence electrons. The molecule has 0 N–H and O–H groups in total. The summed E-state index contributed by atoms with van der Waals surface area (Å²) >= 11 is 0. The second-order valence-corrected chi connectivity index (χ2v) is 4.92. The van der Waals surface area contributed by atoms with Gasteiger partial charge in [0.1, 0.15) is 0 Å². The molecule has 18 heavy (non-hydrogen) atoms. The average molecular weight is 245 g/mol. The van der Waals surface area contributed by atoms with Crippen molar-refractivity contribution in [2.24, 2.45) is 0 Å². The highest BCUT2D eigenvalue weighted by atomic mass is 16.7. The zero-order valence-electron chi connectivity index (χ0n) is 11.2. The summed E-state index contributed by atoms with van der Waals surface area (Å²) in [7, 11) is 3.26. The van der Waals surface area contributed by atoms with Crippen molar-refractivity contribution in [1.82, 2.24) is 0 Å². The Morgan fingerprint density at radius 1 is 1.28 bits per heavy atom. The van der Waals surface area contributed by atoms with Crippen molar-refractivity contribution in [2.45, 2.75) is 37.4 Å². The van der Waals surface area contributed by atoms with Gasteiger partial charge in [0.25, 0.3) is 0 Å². The van der Waals surface area contributed by atoms with E-state index in [1.54, 1.807) is 14.2 Å². The minimum atomic E-state index is -0.585. The van der Waals surface area contributed by atoms with Gasteiger partial charge in [-0.3, -0.25) is 0 Å². The third kappa shape index (κ3) is 1.92. The van der Waals surface area contributed by atoms with Crippen LogP contribution in [0.2, 0.25) is 0 Å². The van der Waals surface area contributed by atoms with Gasteiger partial charge in [-0.2, -0.15) is 5.26 Å². The predicted octanol–water partition coefficient (Wildman–Crippen LogP) is 2.79. The number of methoxy groups -OCH3 is 2. The Bertz CT molecular complexity index is 464. The van der Waals surface area contributed by atoms with Crippen molar-refractivity contribution in [1.29, 1.82) is 5.26 Å². The number of rotatable bonds is 4. The monoisotopic (exact) mass is 245 g/mol. The van der Waals surface area contributed by atoms with E-state index in [2.05, 4.69) is 25.1 Å². The molecular formula is C15H19NO2. The highest BCUT2D eigenvalue weighted by Crippen LogP contribution is 2.52. The Morgan fingerprint density at radius 2 is 1.94 bits per heavy atom. The highest BCUT2D eigenvalue weighted by Gasteiger charge is 2.57. The quantitative estimate of drug-likeness (QED) is 0.766. The highest BCUT2D eigenvalue weighted by molar-refractivity contribution is 5.40.